The summed E-state index contributed by atoms with van der Waals surface area (Å²) in [6, 6.07) is 0. The van der Waals surface area contributed by atoms with Gasteiger partial charge in [0.05, 0.1) is 5.69 Å². The second kappa shape index (κ2) is 5.49. The molecule has 0 spiro atoms. The molecule has 17 heavy (non-hydrogen) atoms. The molecule has 0 atom stereocenters. The Morgan fingerprint density at radius 2 is 1.82 bits per heavy atom. The lowest BCUT2D eigenvalue weighted by Gasteiger charge is -2.17. The van der Waals surface area contributed by atoms with Crippen molar-refractivity contribution >= 4 is 11.3 Å². The van der Waals surface area contributed by atoms with Crippen LogP contribution in [-0.2, 0) is 12.0 Å². The highest BCUT2D eigenvalue weighted by molar-refractivity contribution is 7.09. The number of hydrogen-bond acceptors (Lipinski definition) is 3. The summed E-state index contributed by atoms with van der Waals surface area (Å²) in [5.41, 5.74) is 1.78. The molecular formula is C14H26N2S. The van der Waals surface area contributed by atoms with Gasteiger partial charge >= 0.3 is 0 Å². The van der Waals surface area contributed by atoms with Gasteiger partial charge < -0.3 is 5.32 Å². The van der Waals surface area contributed by atoms with E-state index in [1.165, 1.54) is 17.1 Å². The first-order valence-corrected chi connectivity index (χ1v) is 7.22. The molecule has 0 radical (unpaired) electrons. The molecule has 0 bridgehead atoms. The maximum Gasteiger partial charge on any atom is 0.107 e. The van der Waals surface area contributed by atoms with Crippen molar-refractivity contribution in [2.24, 2.45) is 5.41 Å². The van der Waals surface area contributed by atoms with Crippen LogP contribution in [0.15, 0.2) is 5.38 Å². The molecule has 98 valence electrons. The summed E-state index contributed by atoms with van der Waals surface area (Å²) in [5.74, 6) is 0. The van der Waals surface area contributed by atoms with E-state index >= 15 is 0 Å². The lowest BCUT2D eigenvalue weighted by molar-refractivity contribution is 0.366. The van der Waals surface area contributed by atoms with Crippen LogP contribution in [0.1, 0.15) is 58.7 Å². The number of thiazole rings is 1. The predicted octanol–water partition coefficient (Wildman–Crippen LogP) is 3.97. The first-order valence-electron chi connectivity index (χ1n) is 6.34. The number of nitrogens with zero attached hydrogens (tertiary/aromatic N) is 1. The zero-order valence-corrected chi connectivity index (χ0v) is 12.9. The molecule has 0 saturated heterocycles. The molecular weight excluding hydrogens is 228 g/mol. The van der Waals surface area contributed by atoms with Gasteiger partial charge in [-0.05, 0) is 18.4 Å². The Labute approximate surface area is 110 Å². The molecule has 1 N–H and O–H groups in total. The van der Waals surface area contributed by atoms with Crippen molar-refractivity contribution in [3.05, 3.63) is 16.1 Å². The van der Waals surface area contributed by atoms with E-state index < -0.39 is 0 Å². The van der Waals surface area contributed by atoms with Crippen molar-refractivity contribution < 1.29 is 0 Å². The zero-order chi connectivity index (χ0) is 13.1. The highest BCUT2D eigenvalue weighted by atomic mass is 32.1. The van der Waals surface area contributed by atoms with Crippen LogP contribution in [0.3, 0.4) is 0 Å². The summed E-state index contributed by atoms with van der Waals surface area (Å²) in [7, 11) is 0. The van der Waals surface area contributed by atoms with Crippen LogP contribution < -0.4 is 5.32 Å². The molecule has 0 aliphatic heterocycles. The number of hydrogen-bond donors (Lipinski definition) is 1. The summed E-state index contributed by atoms with van der Waals surface area (Å²) >= 11 is 1.76. The van der Waals surface area contributed by atoms with Crippen LogP contribution in [0.25, 0.3) is 0 Å². The van der Waals surface area contributed by atoms with Crippen molar-refractivity contribution in [2.75, 3.05) is 6.54 Å². The molecule has 0 aliphatic rings. The van der Waals surface area contributed by atoms with Crippen LogP contribution in [0.5, 0.6) is 0 Å². The quantitative estimate of drug-likeness (QED) is 0.823. The normalized spacial score (nSPS) is 13.1. The minimum Gasteiger partial charge on any atom is -0.310 e. The number of aromatic nitrogens is 1. The molecule has 0 unspecified atom stereocenters. The van der Waals surface area contributed by atoms with E-state index in [4.69, 9.17) is 0 Å². The van der Waals surface area contributed by atoms with Crippen LogP contribution in [0.4, 0.5) is 0 Å². The van der Waals surface area contributed by atoms with E-state index in [0.29, 0.717) is 5.41 Å². The third-order valence-electron chi connectivity index (χ3n) is 2.65. The maximum atomic E-state index is 4.67. The molecule has 2 nitrogen and oxygen atoms in total. The van der Waals surface area contributed by atoms with Gasteiger partial charge in [0.25, 0.3) is 0 Å². The van der Waals surface area contributed by atoms with Gasteiger partial charge in [0, 0.05) is 17.3 Å². The summed E-state index contributed by atoms with van der Waals surface area (Å²) < 4.78 is 0. The molecule has 1 heterocycles. The Hall–Kier alpha value is -0.410. The van der Waals surface area contributed by atoms with Crippen LogP contribution in [0.2, 0.25) is 0 Å². The van der Waals surface area contributed by atoms with Gasteiger partial charge in [-0.2, -0.15) is 0 Å². The largest absolute Gasteiger partial charge is 0.310 e. The van der Waals surface area contributed by atoms with Gasteiger partial charge in [-0.3, -0.25) is 0 Å². The molecule has 0 aromatic carbocycles. The zero-order valence-electron chi connectivity index (χ0n) is 12.1. The van der Waals surface area contributed by atoms with E-state index in [2.05, 4.69) is 57.2 Å². The van der Waals surface area contributed by atoms with Gasteiger partial charge in [-0.25, -0.2) is 4.98 Å². The summed E-state index contributed by atoms with van der Waals surface area (Å²) in [4.78, 5) is 4.67. The minimum atomic E-state index is 0.167. The first kappa shape index (κ1) is 14.7. The third kappa shape index (κ3) is 5.64. The predicted molar refractivity (Wildman–Crippen MR) is 76.6 cm³/mol. The van der Waals surface area contributed by atoms with Crippen molar-refractivity contribution in [1.82, 2.24) is 10.3 Å². The SMILES string of the molecule is CC(C)(C)CCNCc1nc(C(C)(C)C)cs1. The average Bonchev–Trinajstić information content (AvgIpc) is 2.58. The van der Waals surface area contributed by atoms with Crippen molar-refractivity contribution in [1.29, 1.82) is 0 Å². The smallest absolute Gasteiger partial charge is 0.107 e. The molecule has 3 heteroatoms. The molecule has 0 amide bonds. The summed E-state index contributed by atoms with van der Waals surface area (Å²) in [5, 5.41) is 6.85. The number of rotatable bonds is 4. The average molecular weight is 254 g/mol. The lowest BCUT2D eigenvalue weighted by Crippen LogP contribution is -2.20. The Morgan fingerprint density at radius 1 is 1.18 bits per heavy atom. The molecule has 1 aromatic heterocycles. The van der Waals surface area contributed by atoms with Crippen LogP contribution in [-0.4, -0.2) is 11.5 Å². The van der Waals surface area contributed by atoms with Crippen molar-refractivity contribution in [2.45, 2.75) is 59.9 Å². The van der Waals surface area contributed by atoms with Gasteiger partial charge in [0.1, 0.15) is 5.01 Å². The monoisotopic (exact) mass is 254 g/mol. The second-order valence-corrected chi connectivity index (χ2v) is 7.81. The van der Waals surface area contributed by atoms with E-state index in [1.807, 2.05) is 0 Å². The fourth-order valence-electron chi connectivity index (χ4n) is 1.40. The Morgan fingerprint density at radius 3 is 2.29 bits per heavy atom. The Bertz CT molecular complexity index is 342. The minimum absolute atomic E-state index is 0.167. The molecule has 0 fully saturated rings. The standard InChI is InChI=1S/C14H26N2S/c1-13(2,3)7-8-15-9-12-16-11(10-17-12)14(4,5)6/h10,15H,7-9H2,1-6H3. The van der Waals surface area contributed by atoms with E-state index in [1.54, 1.807) is 11.3 Å². The van der Waals surface area contributed by atoms with Gasteiger partial charge in [0.2, 0.25) is 0 Å². The van der Waals surface area contributed by atoms with Gasteiger partial charge in [-0.15, -0.1) is 11.3 Å². The first-order chi connectivity index (χ1) is 7.68. The van der Waals surface area contributed by atoms with Crippen LogP contribution in [0, 0.1) is 5.41 Å². The molecule has 1 aromatic rings. The van der Waals surface area contributed by atoms with E-state index in [0.717, 1.165) is 13.1 Å². The lowest BCUT2D eigenvalue weighted by atomic mass is 9.92. The second-order valence-electron chi connectivity index (χ2n) is 6.86. The van der Waals surface area contributed by atoms with E-state index in [9.17, 15) is 0 Å². The van der Waals surface area contributed by atoms with Gasteiger partial charge in [-0.1, -0.05) is 41.5 Å². The summed E-state index contributed by atoms with van der Waals surface area (Å²) in [6.07, 6.45) is 1.20. The molecule has 0 saturated carbocycles. The maximum absolute atomic E-state index is 4.67. The third-order valence-corrected chi connectivity index (χ3v) is 3.50. The Kier molecular flexibility index (Phi) is 4.73. The fourth-order valence-corrected chi connectivity index (χ4v) is 2.39. The number of nitrogens with one attached hydrogen (secondary N) is 1. The van der Waals surface area contributed by atoms with Crippen molar-refractivity contribution in [3.8, 4) is 0 Å². The topological polar surface area (TPSA) is 24.9 Å². The van der Waals surface area contributed by atoms with Crippen LogP contribution >= 0.6 is 11.3 Å². The Balaban J connectivity index is 2.36. The van der Waals surface area contributed by atoms with Crippen molar-refractivity contribution in [3.63, 3.8) is 0 Å². The van der Waals surface area contributed by atoms with Gasteiger partial charge in [0.15, 0.2) is 0 Å². The highest BCUT2D eigenvalue weighted by Crippen LogP contribution is 2.23. The highest BCUT2D eigenvalue weighted by Gasteiger charge is 2.17. The fraction of sp³-hybridized carbons (Fsp3) is 0.786. The summed E-state index contributed by atoms with van der Waals surface area (Å²) in [6.45, 7) is 15.4. The van der Waals surface area contributed by atoms with E-state index in [-0.39, 0.29) is 5.41 Å². The molecule has 1 rings (SSSR count). The molecule has 0 aliphatic carbocycles.